The van der Waals surface area contributed by atoms with Crippen LogP contribution in [0, 0.1) is 11.7 Å². The number of halogens is 6. The van der Waals surface area contributed by atoms with Gasteiger partial charge in [0, 0.05) is 37.8 Å². The molecule has 1 aromatic carbocycles. The molecule has 1 heterocycles. The molecule has 23 heavy (non-hydrogen) atoms. The Morgan fingerprint density at radius 1 is 1.09 bits per heavy atom. The first kappa shape index (κ1) is 20.5. The van der Waals surface area contributed by atoms with Gasteiger partial charge in [-0.15, -0.1) is 24.8 Å². The maximum absolute atomic E-state index is 14.1. The standard InChI is InChI=1S/C15H18F4N2.2ClH/c16-13-4-3-11(15(17,18)19)9-12(13)14(10-1-2-10)21-7-5-20-6-8-21;;/h3-4,9-10,14,20H,1-2,5-8H2;2*1H/t14-;;/m1../s1. The molecule has 2 fully saturated rings. The molecule has 2 nitrogen and oxygen atoms in total. The van der Waals surface area contributed by atoms with Crippen molar-refractivity contribution in [2.75, 3.05) is 26.2 Å². The van der Waals surface area contributed by atoms with Crippen LogP contribution in [0.15, 0.2) is 18.2 Å². The van der Waals surface area contributed by atoms with E-state index < -0.39 is 17.6 Å². The van der Waals surface area contributed by atoms with E-state index in [-0.39, 0.29) is 42.3 Å². The molecule has 3 rings (SSSR count). The Bertz CT molecular complexity index is 515. The fourth-order valence-electron chi connectivity index (χ4n) is 3.07. The topological polar surface area (TPSA) is 15.3 Å². The Kier molecular flexibility index (Phi) is 7.13. The SMILES string of the molecule is Cl.Cl.Fc1ccc(C(F)(F)F)cc1[C@@H](C1CC1)N1CCNCC1. The second kappa shape index (κ2) is 8.01. The van der Waals surface area contributed by atoms with Crippen molar-refractivity contribution in [2.24, 2.45) is 5.92 Å². The summed E-state index contributed by atoms with van der Waals surface area (Å²) in [5, 5.41) is 3.22. The molecule has 8 heteroatoms. The largest absolute Gasteiger partial charge is 0.416 e. The Hall–Kier alpha value is -0.560. The molecule has 1 aliphatic carbocycles. The molecule has 1 atom stereocenters. The lowest BCUT2D eigenvalue weighted by molar-refractivity contribution is -0.137. The zero-order chi connectivity index (χ0) is 15.0. The van der Waals surface area contributed by atoms with Crippen LogP contribution < -0.4 is 5.32 Å². The van der Waals surface area contributed by atoms with E-state index >= 15 is 0 Å². The van der Waals surface area contributed by atoms with Crippen molar-refractivity contribution in [1.82, 2.24) is 10.2 Å². The van der Waals surface area contributed by atoms with Crippen molar-refractivity contribution in [3.05, 3.63) is 35.1 Å². The third-order valence-corrected chi connectivity index (χ3v) is 4.26. The van der Waals surface area contributed by atoms with Crippen LogP contribution in [0.1, 0.15) is 30.0 Å². The summed E-state index contributed by atoms with van der Waals surface area (Å²) in [5.74, 6) is -0.250. The van der Waals surface area contributed by atoms with Gasteiger partial charge in [0.05, 0.1) is 5.56 Å². The molecule has 1 aromatic rings. The van der Waals surface area contributed by atoms with Crippen molar-refractivity contribution < 1.29 is 17.6 Å². The summed E-state index contributed by atoms with van der Waals surface area (Å²) in [6, 6.07) is 2.55. The average Bonchev–Trinajstić information content (AvgIpc) is 3.26. The smallest absolute Gasteiger partial charge is 0.314 e. The second-order valence-electron chi connectivity index (χ2n) is 5.80. The summed E-state index contributed by atoms with van der Waals surface area (Å²) in [6.07, 6.45) is -2.51. The van der Waals surface area contributed by atoms with Gasteiger partial charge < -0.3 is 5.32 Å². The number of nitrogens with zero attached hydrogens (tertiary/aromatic N) is 1. The molecule has 0 amide bonds. The maximum Gasteiger partial charge on any atom is 0.416 e. The number of piperazine rings is 1. The van der Waals surface area contributed by atoms with Crippen LogP contribution in [0.4, 0.5) is 17.6 Å². The highest BCUT2D eigenvalue weighted by Crippen LogP contribution is 2.46. The highest BCUT2D eigenvalue weighted by molar-refractivity contribution is 5.85. The predicted octanol–water partition coefficient (Wildman–Crippen LogP) is 4.04. The fourth-order valence-corrected chi connectivity index (χ4v) is 3.07. The second-order valence-corrected chi connectivity index (χ2v) is 5.80. The van der Waals surface area contributed by atoms with Gasteiger partial charge in [-0.3, -0.25) is 4.90 Å². The van der Waals surface area contributed by atoms with E-state index in [1.54, 1.807) is 0 Å². The van der Waals surface area contributed by atoms with E-state index in [0.29, 0.717) is 0 Å². The third-order valence-electron chi connectivity index (χ3n) is 4.26. The van der Waals surface area contributed by atoms with E-state index in [1.807, 2.05) is 0 Å². The van der Waals surface area contributed by atoms with Gasteiger partial charge in [0.25, 0.3) is 0 Å². The van der Waals surface area contributed by atoms with Crippen LogP contribution >= 0.6 is 24.8 Å². The van der Waals surface area contributed by atoms with Crippen LogP contribution in [-0.4, -0.2) is 31.1 Å². The molecular weight excluding hydrogens is 355 g/mol. The molecular formula is C15H20Cl2F4N2. The van der Waals surface area contributed by atoms with Crippen molar-refractivity contribution in [1.29, 1.82) is 0 Å². The molecule has 1 N–H and O–H groups in total. The first-order valence-corrected chi connectivity index (χ1v) is 7.28. The lowest BCUT2D eigenvalue weighted by Crippen LogP contribution is -2.45. The summed E-state index contributed by atoms with van der Waals surface area (Å²) in [5.41, 5.74) is -0.561. The number of hydrogen-bond acceptors (Lipinski definition) is 2. The molecule has 132 valence electrons. The van der Waals surface area contributed by atoms with Gasteiger partial charge in [0.1, 0.15) is 5.82 Å². The van der Waals surface area contributed by atoms with Crippen molar-refractivity contribution >= 4 is 24.8 Å². The Balaban J connectivity index is 0.00000132. The number of benzene rings is 1. The van der Waals surface area contributed by atoms with Crippen LogP contribution in [0.25, 0.3) is 0 Å². The first-order chi connectivity index (χ1) is 9.97. The lowest BCUT2D eigenvalue weighted by Gasteiger charge is -2.35. The van der Waals surface area contributed by atoms with Gasteiger partial charge in [-0.05, 0) is 37.0 Å². The zero-order valence-electron chi connectivity index (χ0n) is 12.4. The molecule has 0 aromatic heterocycles. The van der Waals surface area contributed by atoms with Crippen molar-refractivity contribution in [3.8, 4) is 0 Å². The van der Waals surface area contributed by atoms with Gasteiger partial charge >= 0.3 is 6.18 Å². The van der Waals surface area contributed by atoms with Gasteiger partial charge in [0.15, 0.2) is 0 Å². The Labute approximate surface area is 145 Å². The maximum atomic E-state index is 14.1. The highest BCUT2D eigenvalue weighted by atomic mass is 35.5. The molecule has 0 spiro atoms. The van der Waals surface area contributed by atoms with E-state index in [2.05, 4.69) is 10.2 Å². The summed E-state index contributed by atoms with van der Waals surface area (Å²) in [7, 11) is 0. The van der Waals surface area contributed by atoms with E-state index in [1.165, 1.54) is 0 Å². The highest BCUT2D eigenvalue weighted by Gasteiger charge is 2.39. The monoisotopic (exact) mass is 374 g/mol. The van der Waals surface area contributed by atoms with Crippen LogP contribution in [0.3, 0.4) is 0 Å². The van der Waals surface area contributed by atoms with Crippen LogP contribution in [0.2, 0.25) is 0 Å². The minimum absolute atomic E-state index is 0. The summed E-state index contributed by atoms with van der Waals surface area (Å²) in [4.78, 5) is 2.12. The molecule has 0 bridgehead atoms. The molecule has 2 aliphatic rings. The molecule has 1 saturated heterocycles. The quantitative estimate of drug-likeness (QED) is 0.803. The number of hydrogen-bond donors (Lipinski definition) is 1. The van der Waals surface area contributed by atoms with E-state index in [0.717, 1.165) is 57.2 Å². The van der Waals surface area contributed by atoms with Crippen molar-refractivity contribution in [2.45, 2.75) is 25.1 Å². The minimum Gasteiger partial charge on any atom is -0.314 e. The van der Waals surface area contributed by atoms with Crippen molar-refractivity contribution in [3.63, 3.8) is 0 Å². The van der Waals surface area contributed by atoms with Gasteiger partial charge in [-0.1, -0.05) is 0 Å². The van der Waals surface area contributed by atoms with Gasteiger partial charge in [-0.25, -0.2) is 4.39 Å². The van der Waals surface area contributed by atoms with E-state index in [9.17, 15) is 17.6 Å². The predicted molar refractivity (Wildman–Crippen MR) is 85.8 cm³/mol. The van der Waals surface area contributed by atoms with Crippen LogP contribution in [-0.2, 0) is 6.18 Å². The fraction of sp³-hybridized carbons (Fsp3) is 0.600. The molecule has 0 unspecified atom stereocenters. The summed E-state index contributed by atoms with van der Waals surface area (Å²) >= 11 is 0. The number of alkyl halides is 3. The van der Waals surface area contributed by atoms with Gasteiger partial charge in [-0.2, -0.15) is 13.2 Å². The minimum atomic E-state index is -4.43. The normalized spacial score (nSPS) is 20.3. The summed E-state index contributed by atoms with van der Waals surface area (Å²) < 4.78 is 52.8. The van der Waals surface area contributed by atoms with Crippen LogP contribution in [0.5, 0.6) is 0 Å². The molecule has 0 radical (unpaired) electrons. The average molecular weight is 375 g/mol. The first-order valence-electron chi connectivity index (χ1n) is 7.28. The third kappa shape index (κ3) is 4.72. The number of rotatable bonds is 3. The van der Waals surface area contributed by atoms with E-state index in [4.69, 9.17) is 0 Å². The zero-order valence-corrected chi connectivity index (χ0v) is 14.0. The number of nitrogens with one attached hydrogen (secondary N) is 1. The summed E-state index contributed by atoms with van der Waals surface area (Å²) in [6.45, 7) is 3.08. The Morgan fingerprint density at radius 2 is 1.70 bits per heavy atom. The molecule has 1 aliphatic heterocycles. The lowest BCUT2D eigenvalue weighted by atomic mass is 9.97. The molecule has 1 saturated carbocycles. The Morgan fingerprint density at radius 3 is 2.22 bits per heavy atom. The van der Waals surface area contributed by atoms with Gasteiger partial charge in [0.2, 0.25) is 0 Å².